The normalized spacial score (nSPS) is 11.0. The smallest absolute Gasteiger partial charge is 0.362 e. The van der Waals surface area contributed by atoms with Gasteiger partial charge in [0.05, 0.1) is 0 Å². The second-order valence-corrected chi connectivity index (χ2v) is 3.89. The molecule has 1 N–H and O–H groups in total. The minimum atomic E-state index is -4.48. The zero-order valence-corrected chi connectivity index (χ0v) is 8.61. The van der Waals surface area contributed by atoms with Crippen LogP contribution >= 0.6 is 0 Å². The van der Waals surface area contributed by atoms with Gasteiger partial charge in [0.1, 0.15) is 12.0 Å². The number of hydrogen-bond acceptors (Lipinski definition) is 4. The van der Waals surface area contributed by atoms with Crippen molar-refractivity contribution in [2.24, 2.45) is 0 Å². The monoisotopic (exact) mass is 230 g/mol. The molecule has 0 fully saturated rings. The van der Waals surface area contributed by atoms with Crippen molar-refractivity contribution in [1.29, 1.82) is 0 Å². The first kappa shape index (κ1) is 11.7. The van der Waals surface area contributed by atoms with Gasteiger partial charge in [-0.15, -0.1) is 0 Å². The molecule has 0 aliphatic heterocycles. The number of carbonyl (C=O) groups excluding carboxylic acids is 1. The Kier molecular flexibility index (Phi) is 3.81. The van der Waals surface area contributed by atoms with Crippen LogP contribution in [0.5, 0.6) is 5.75 Å². The van der Waals surface area contributed by atoms with E-state index in [-0.39, 0.29) is 5.75 Å². The molecule has 0 amide bonds. The van der Waals surface area contributed by atoms with Gasteiger partial charge in [0.25, 0.3) is 0 Å². The summed E-state index contributed by atoms with van der Waals surface area (Å²) in [6, 6.07) is 6.18. The first-order chi connectivity index (χ1) is 7.01. The molecule has 0 saturated heterocycles. The van der Waals surface area contributed by atoms with Gasteiger partial charge in [-0.25, -0.2) is 0 Å². The molecule has 0 bridgehead atoms. The molecular weight excluding hydrogens is 220 g/mol. The minimum Gasteiger partial charge on any atom is -0.362 e. The van der Waals surface area contributed by atoms with E-state index in [4.69, 9.17) is 4.55 Å². The summed E-state index contributed by atoms with van der Waals surface area (Å²) in [7, 11) is -4.48. The fourth-order valence-corrected chi connectivity index (χ4v) is 1.45. The SMILES string of the molecule is O=CCCc1cccc(OS(=O)(=O)O)c1. The zero-order chi connectivity index (χ0) is 11.3. The van der Waals surface area contributed by atoms with Gasteiger partial charge in [0.2, 0.25) is 0 Å². The Hall–Kier alpha value is -1.40. The Bertz CT molecular complexity index is 438. The van der Waals surface area contributed by atoms with Crippen molar-refractivity contribution in [3.63, 3.8) is 0 Å². The van der Waals surface area contributed by atoms with Crippen LogP contribution in [-0.2, 0) is 21.6 Å². The van der Waals surface area contributed by atoms with Crippen LogP contribution in [-0.4, -0.2) is 19.3 Å². The number of rotatable bonds is 5. The summed E-state index contributed by atoms with van der Waals surface area (Å²) in [4.78, 5) is 10.1. The molecule has 0 aliphatic carbocycles. The summed E-state index contributed by atoms with van der Waals surface area (Å²) in [5, 5.41) is 0. The van der Waals surface area contributed by atoms with Crippen LogP contribution in [0.3, 0.4) is 0 Å². The molecule has 0 spiro atoms. The summed E-state index contributed by atoms with van der Waals surface area (Å²) < 4.78 is 33.5. The molecular formula is C9H10O5S. The van der Waals surface area contributed by atoms with Crippen LogP contribution in [0.25, 0.3) is 0 Å². The topological polar surface area (TPSA) is 80.7 Å². The maximum Gasteiger partial charge on any atom is 0.446 e. The van der Waals surface area contributed by atoms with Crippen molar-refractivity contribution in [2.45, 2.75) is 12.8 Å². The summed E-state index contributed by atoms with van der Waals surface area (Å²) in [5.74, 6) is 0.0286. The maximum absolute atomic E-state index is 10.4. The third kappa shape index (κ3) is 4.57. The van der Waals surface area contributed by atoms with Gasteiger partial charge in [-0.05, 0) is 24.1 Å². The van der Waals surface area contributed by atoms with Crippen LogP contribution in [0, 0.1) is 0 Å². The van der Waals surface area contributed by atoms with Crippen molar-refractivity contribution < 1.29 is 21.9 Å². The molecule has 0 radical (unpaired) electrons. The van der Waals surface area contributed by atoms with E-state index in [9.17, 15) is 13.2 Å². The number of aldehydes is 1. The third-order valence-corrected chi connectivity index (χ3v) is 2.05. The number of aryl methyl sites for hydroxylation is 1. The molecule has 1 rings (SSSR count). The first-order valence-corrected chi connectivity index (χ1v) is 5.57. The molecule has 1 aromatic carbocycles. The predicted molar refractivity (Wildman–Crippen MR) is 53.0 cm³/mol. The quantitative estimate of drug-likeness (QED) is 0.602. The molecule has 0 heterocycles. The molecule has 0 aromatic heterocycles. The fourth-order valence-electron chi connectivity index (χ4n) is 1.10. The highest BCUT2D eigenvalue weighted by Crippen LogP contribution is 2.15. The van der Waals surface area contributed by atoms with Gasteiger partial charge >= 0.3 is 10.4 Å². The van der Waals surface area contributed by atoms with E-state index in [1.165, 1.54) is 12.1 Å². The summed E-state index contributed by atoms with van der Waals surface area (Å²) in [5.41, 5.74) is 0.767. The van der Waals surface area contributed by atoms with Crippen molar-refractivity contribution in [3.05, 3.63) is 29.8 Å². The largest absolute Gasteiger partial charge is 0.446 e. The standard InChI is InChI=1S/C9H10O5S/c10-6-2-4-8-3-1-5-9(7-8)14-15(11,12)13/h1,3,5-7H,2,4H2,(H,11,12,13). The average molecular weight is 230 g/mol. The van der Waals surface area contributed by atoms with Crippen LogP contribution in [0.1, 0.15) is 12.0 Å². The fraction of sp³-hybridized carbons (Fsp3) is 0.222. The highest BCUT2D eigenvalue weighted by atomic mass is 32.3. The van der Waals surface area contributed by atoms with Gasteiger partial charge in [-0.2, -0.15) is 8.42 Å². The van der Waals surface area contributed by atoms with E-state index in [0.717, 1.165) is 11.8 Å². The van der Waals surface area contributed by atoms with Gasteiger partial charge in [-0.1, -0.05) is 12.1 Å². The van der Waals surface area contributed by atoms with Crippen molar-refractivity contribution in [1.82, 2.24) is 0 Å². The molecule has 0 atom stereocenters. The van der Waals surface area contributed by atoms with Crippen LogP contribution in [0.15, 0.2) is 24.3 Å². The Labute approximate surface area is 87.6 Å². The molecule has 6 heteroatoms. The molecule has 0 unspecified atom stereocenters. The summed E-state index contributed by atoms with van der Waals surface area (Å²) in [6.45, 7) is 0. The predicted octanol–water partition coefficient (Wildman–Crippen LogP) is 1.000. The Morgan fingerprint density at radius 2 is 2.13 bits per heavy atom. The lowest BCUT2D eigenvalue weighted by atomic mass is 10.1. The van der Waals surface area contributed by atoms with Gasteiger partial charge in [-0.3, -0.25) is 4.55 Å². The third-order valence-electron chi connectivity index (χ3n) is 1.65. The zero-order valence-electron chi connectivity index (χ0n) is 7.79. The molecule has 0 aliphatic rings. The molecule has 15 heavy (non-hydrogen) atoms. The van der Waals surface area contributed by atoms with Crippen molar-refractivity contribution >= 4 is 16.7 Å². The van der Waals surface area contributed by atoms with E-state index in [1.807, 2.05) is 0 Å². The van der Waals surface area contributed by atoms with E-state index in [1.54, 1.807) is 12.1 Å². The van der Waals surface area contributed by atoms with E-state index in [2.05, 4.69) is 4.18 Å². The highest BCUT2D eigenvalue weighted by molar-refractivity contribution is 7.81. The molecule has 0 saturated carbocycles. The Morgan fingerprint density at radius 3 is 2.73 bits per heavy atom. The van der Waals surface area contributed by atoms with E-state index < -0.39 is 10.4 Å². The van der Waals surface area contributed by atoms with E-state index >= 15 is 0 Å². The summed E-state index contributed by atoms with van der Waals surface area (Å²) >= 11 is 0. The van der Waals surface area contributed by atoms with Crippen molar-refractivity contribution in [3.8, 4) is 5.75 Å². The average Bonchev–Trinajstić information content (AvgIpc) is 2.12. The maximum atomic E-state index is 10.4. The highest BCUT2D eigenvalue weighted by Gasteiger charge is 2.06. The first-order valence-electron chi connectivity index (χ1n) is 4.21. The Morgan fingerprint density at radius 1 is 1.40 bits per heavy atom. The lowest BCUT2D eigenvalue weighted by molar-refractivity contribution is -0.107. The number of benzene rings is 1. The van der Waals surface area contributed by atoms with Gasteiger partial charge in [0.15, 0.2) is 0 Å². The minimum absolute atomic E-state index is 0.0286. The van der Waals surface area contributed by atoms with E-state index in [0.29, 0.717) is 12.8 Å². The molecule has 5 nitrogen and oxygen atoms in total. The number of carbonyl (C=O) groups is 1. The molecule has 1 aromatic rings. The second kappa shape index (κ2) is 4.90. The van der Waals surface area contributed by atoms with Gasteiger partial charge < -0.3 is 8.98 Å². The lowest BCUT2D eigenvalue weighted by Gasteiger charge is -2.03. The van der Waals surface area contributed by atoms with Crippen LogP contribution < -0.4 is 4.18 Å². The summed E-state index contributed by atoms with van der Waals surface area (Å²) in [6.07, 6.45) is 1.64. The van der Waals surface area contributed by atoms with Crippen LogP contribution in [0.4, 0.5) is 0 Å². The number of hydrogen-bond donors (Lipinski definition) is 1. The van der Waals surface area contributed by atoms with Crippen LogP contribution in [0.2, 0.25) is 0 Å². The second-order valence-electron chi connectivity index (χ2n) is 2.86. The Balaban J connectivity index is 2.78. The van der Waals surface area contributed by atoms with Gasteiger partial charge in [0, 0.05) is 6.42 Å². The van der Waals surface area contributed by atoms with Crippen molar-refractivity contribution in [2.75, 3.05) is 0 Å². The molecule has 82 valence electrons. The lowest BCUT2D eigenvalue weighted by Crippen LogP contribution is -2.06.